The fourth-order valence-electron chi connectivity index (χ4n) is 1.76. The third-order valence-electron chi connectivity index (χ3n) is 2.85. The number of hydrogen-bond acceptors (Lipinski definition) is 3. The Hall–Kier alpha value is -2.14. The number of carbonyl (C=O) groups is 1. The van der Waals surface area contributed by atoms with Crippen LogP contribution in [0, 0.1) is 5.82 Å². The lowest BCUT2D eigenvalue weighted by atomic mass is 10.1. The first-order valence-electron chi connectivity index (χ1n) is 5.95. The van der Waals surface area contributed by atoms with Gasteiger partial charge in [-0.25, -0.2) is 9.37 Å². The van der Waals surface area contributed by atoms with Gasteiger partial charge in [0.15, 0.2) is 0 Å². The van der Waals surface area contributed by atoms with Crippen LogP contribution in [0.1, 0.15) is 28.9 Å². The molecule has 104 valence electrons. The molecule has 0 radical (unpaired) electrons. The molecule has 6 heteroatoms. The summed E-state index contributed by atoms with van der Waals surface area (Å²) in [6.45, 7) is 1.70. The smallest absolute Gasteiger partial charge is 0.253 e. The van der Waals surface area contributed by atoms with Gasteiger partial charge >= 0.3 is 0 Å². The van der Waals surface area contributed by atoms with Crippen LogP contribution in [0.25, 0.3) is 0 Å². The van der Waals surface area contributed by atoms with Crippen LogP contribution in [-0.4, -0.2) is 10.9 Å². The van der Waals surface area contributed by atoms with Crippen LogP contribution in [0.5, 0.6) is 0 Å². The molecule has 0 fully saturated rings. The summed E-state index contributed by atoms with van der Waals surface area (Å²) in [5, 5.41) is 2.89. The van der Waals surface area contributed by atoms with Gasteiger partial charge in [0.25, 0.3) is 5.91 Å². The second-order valence-electron chi connectivity index (χ2n) is 4.31. The van der Waals surface area contributed by atoms with Crippen molar-refractivity contribution in [1.29, 1.82) is 0 Å². The number of pyridine rings is 1. The summed E-state index contributed by atoms with van der Waals surface area (Å²) < 4.78 is 13.6. The number of rotatable bonds is 3. The molecule has 2 aromatic rings. The van der Waals surface area contributed by atoms with Gasteiger partial charge in [-0.15, -0.1) is 0 Å². The van der Waals surface area contributed by atoms with Crippen molar-refractivity contribution in [2.45, 2.75) is 13.0 Å². The lowest BCUT2D eigenvalue weighted by Gasteiger charge is -2.15. The number of nitrogens with two attached hydrogens (primary N) is 1. The molecule has 0 bridgehead atoms. The Morgan fingerprint density at radius 1 is 1.45 bits per heavy atom. The lowest BCUT2D eigenvalue weighted by molar-refractivity contribution is 0.0939. The Balaban J connectivity index is 2.15. The second kappa shape index (κ2) is 5.88. The zero-order chi connectivity index (χ0) is 14.7. The molecule has 3 N–H and O–H groups in total. The summed E-state index contributed by atoms with van der Waals surface area (Å²) in [6.07, 6.45) is 1.32. The van der Waals surface area contributed by atoms with E-state index in [1.807, 2.05) is 0 Å². The van der Waals surface area contributed by atoms with Crippen molar-refractivity contribution >= 4 is 23.3 Å². The van der Waals surface area contributed by atoms with Crippen molar-refractivity contribution in [2.75, 3.05) is 5.73 Å². The number of nitrogen functional groups attached to an aromatic ring is 1. The molecule has 2 rings (SSSR count). The quantitative estimate of drug-likeness (QED) is 0.914. The van der Waals surface area contributed by atoms with Crippen LogP contribution < -0.4 is 11.1 Å². The van der Waals surface area contributed by atoms with Crippen LogP contribution in [0.2, 0.25) is 5.02 Å². The van der Waals surface area contributed by atoms with Crippen LogP contribution in [0.4, 0.5) is 10.2 Å². The highest BCUT2D eigenvalue weighted by Crippen LogP contribution is 2.19. The highest BCUT2D eigenvalue weighted by molar-refractivity contribution is 6.33. The fourth-order valence-corrected chi connectivity index (χ4v) is 1.92. The molecule has 1 atom stereocenters. The van der Waals surface area contributed by atoms with Gasteiger partial charge in [0.1, 0.15) is 11.6 Å². The maximum atomic E-state index is 13.6. The summed E-state index contributed by atoms with van der Waals surface area (Å²) in [4.78, 5) is 15.8. The number of amides is 1. The van der Waals surface area contributed by atoms with Crippen LogP contribution in [0.3, 0.4) is 0 Å². The zero-order valence-corrected chi connectivity index (χ0v) is 11.5. The number of nitrogens with one attached hydrogen (secondary N) is 1. The highest BCUT2D eigenvalue weighted by atomic mass is 35.5. The van der Waals surface area contributed by atoms with Crippen LogP contribution >= 0.6 is 11.6 Å². The van der Waals surface area contributed by atoms with Crippen molar-refractivity contribution in [3.8, 4) is 0 Å². The van der Waals surface area contributed by atoms with Gasteiger partial charge in [-0.3, -0.25) is 4.79 Å². The summed E-state index contributed by atoms with van der Waals surface area (Å²) in [5.74, 6) is -0.603. The van der Waals surface area contributed by atoms with Gasteiger partial charge < -0.3 is 11.1 Å². The topological polar surface area (TPSA) is 68.0 Å². The Kier molecular flexibility index (Phi) is 4.20. The third kappa shape index (κ3) is 3.05. The molecule has 20 heavy (non-hydrogen) atoms. The number of carbonyl (C=O) groups excluding carboxylic acids is 1. The van der Waals surface area contributed by atoms with E-state index in [1.54, 1.807) is 25.1 Å². The van der Waals surface area contributed by atoms with Gasteiger partial charge in [-0.05, 0) is 19.1 Å². The van der Waals surface area contributed by atoms with E-state index < -0.39 is 11.9 Å². The Morgan fingerprint density at radius 3 is 2.80 bits per heavy atom. The van der Waals surface area contributed by atoms with E-state index in [0.29, 0.717) is 5.56 Å². The van der Waals surface area contributed by atoms with E-state index in [4.69, 9.17) is 17.3 Å². The van der Waals surface area contributed by atoms with Gasteiger partial charge in [0, 0.05) is 11.8 Å². The summed E-state index contributed by atoms with van der Waals surface area (Å²) in [6, 6.07) is 7.22. The maximum absolute atomic E-state index is 13.6. The van der Waals surface area contributed by atoms with E-state index in [1.165, 1.54) is 18.3 Å². The maximum Gasteiger partial charge on any atom is 0.253 e. The average molecular weight is 294 g/mol. The van der Waals surface area contributed by atoms with Gasteiger partial charge in [0.05, 0.1) is 16.6 Å². The molecule has 0 aliphatic heterocycles. The molecular formula is C14H13ClFN3O. The minimum Gasteiger partial charge on any atom is -0.382 e. The van der Waals surface area contributed by atoms with Crippen LogP contribution in [0.15, 0.2) is 36.5 Å². The van der Waals surface area contributed by atoms with E-state index in [2.05, 4.69) is 10.3 Å². The van der Waals surface area contributed by atoms with E-state index in [-0.39, 0.29) is 22.2 Å². The predicted octanol–water partition coefficient (Wildman–Crippen LogP) is 2.95. The molecule has 0 saturated carbocycles. The molecule has 1 heterocycles. The monoisotopic (exact) mass is 293 g/mol. The number of aromatic nitrogens is 1. The average Bonchev–Trinajstić information content (AvgIpc) is 2.42. The summed E-state index contributed by atoms with van der Waals surface area (Å²) in [5.41, 5.74) is 6.16. The minimum absolute atomic E-state index is 0.158. The highest BCUT2D eigenvalue weighted by Gasteiger charge is 2.15. The zero-order valence-electron chi connectivity index (χ0n) is 10.7. The number of anilines is 1. The van der Waals surface area contributed by atoms with Crippen molar-refractivity contribution in [2.24, 2.45) is 0 Å². The van der Waals surface area contributed by atoms with E-state index in [0.717, 1.165) is 0 Å². The van der Waals surface area contributed by atoms with E-state index >= 15 is 0 Å². The van der Waals surface area contributed by atoms with Crippen LogP contribution in [-0.2, 0) is 0 Å². The first kappa shape index (κ1) is 14.3. The second-order valence-corrected chi connectivity index (χ2v) is 4.71. The standard InChI is InChI=1S/C14H13ClFN3O/c1-8(10-4-2-3-5-12(10)16)19-14(20)9-6-11(15)13(17)18-7-9/h2-8H,1H3,(H2,17,18)(H,19,20). The normalized spacial score (nSPS) is 11.9. The Morgan fingerprint density at radius 2 is 2.15 bits per heavy atom. The molecule has 0 aliphatic carbocycles. The number of hydrogen-bond donors (Lipinski definition) is 2. The van der Waals surface area contributed by atoms with Crippen molar-refractivity contribution < 1.29 is 9.18 Å². The molecular weight excluding hydrogens is 281 g/mol. The first-order chi connectivity index (χ1) is 9.49. The molecule has 1 aromatic carbocycles. The summed E-state index contributed by atoms with van der Waals surface area (Å²) >= 11 is 5.81. The lowest BCUT2D eigenvalue weighted by Crippen LogP contribution is -2.27. The SMILES string of the molecule is CC(NC(=O)c1cnc(N)c(Cl)c1)c1ccccc1F. The predicted molar refractivity (Wildman–Crippen MR) is 75.9 cm³/mol. The molecule has 0 spiro atoms. The molecule has 1 aromatic heterocycles. The number of nitrogens with zero attached hydrogens (tertiary/aromatic N) is 1. The molecule has 4 nitrogen and oxygen atoms in total. The molecule has 1 amide bonds. The van der Waals surface area contributed by atoms with Gasteiger partial charge in [-0.1, -0.05) is 29.8 Å². The van der Waals surface area contributed by atoms with Crippen molar-refractivity contribution in [3.63, 3.8) is 0 Å². The van der Waals surface area contributed by atoms with Crippen molar-refractivity contribution in [1.82, 2.24) is 10.3 Å². The van der Waals surface area contributed by atoms with Crippen molar-refractivity contribution in [3.05, 3.63) is 58.5 Å². The van der Waals surface area contributed by atoms with Gasteiger partial charge in [0.2, 0.25) is 0 Å². The number of benzene rings is 1. The van der Waals surface area contributed by atoms with E-state index in [9.17, 15) is 9.18 Å². The fraction of sp³-hybridized carbons (Fsp3) is 0.143. The number of halogens is 2. The third-order valence-corrected chi connectivity index (χ3v) is 3.15. The Bertz CT molecular complexity index is 648. The molecule has 1 unspecified atom stereocenters. The minimum atomic E-state index is -0.472. The summed E-state index contributed by atoms with van der Waals surface area (Å²) in [7, 11) is 0. The largest absolute Gasteiger partial charge is 0.382 e. The van der Waals surface area contributed by atoms with Gasteiger partial charge in [-0.2, -0.15) is 0 Å². The first-order valence-corrected chi connectivity index (χ1v) is 6.33. The Labute approximate surface area is 120 Å². The molecule has 0 aliphatic rings. The molecule has 0 saturated heterocycles.